The zero-order valence-electron chi connectivity index (χ0n) is 31.3. The van der Waals surface area contributed by atoms with Crippen LogP contribution in [-0.4, -0.2) is 21.3 Å². The van der Waals surface area contributed by atoms with E-state index in [1.54, 1.807) is 24.3 Å². The van der Waals surface area contributed by atoms with Gasteiger partial charge in [0.25, 0.3) is 0 Å². The fourth-order valence-electron chi connectivity index (χ4n) is 7.15. The molecular weight excluding hydrogens is 629 g/mol. The van der Waals surface area contributed by atoms with Gasteiger partial charge in [0.1, 0.15) is 11.5 Å². The van der Waals surface area contributed by atoms with E-state index in [-0.39, 0.29) is 11.5 Å². The maximum atomic E-state index is 10.4. The highest BCUT2D eigenvalue weighted by atomic mass is 16.4. The van der Waals surface area contributed by atoms with Crippen LogP contribution in [0, 0.1) is 0 Å². The molecule has 0 aliphatic rings. The minimum Gasteiger partial charge on any atom is -0.508 e. The molecule has 0 amide bonds. The number of aliphatic carboxylic acids is 1. The number of carboxylic acid groups (broad SMARTS) is 1. The van der Waals surface area contributed by atoms with E-state index >= 15 is 0 Å². The first-order valence-corrected chi connectivity index (χ1v) is 19.9. The van der Waals surface area contributed by atoms with E-state index in [0.717, 1.165) is 35.1 Å². The predicted octanol–water partition coefficient (Wildman–Crippen LogP) is 13.4. The van der Waals surface area contributed by atoms with Crippen LogP contribution in [0.3, 0.4) is 0 Å². The molecule has 0 unspecified atom stereocenters. The molecule has 0 aromatic heterocycles. The lowest BCUT2D eigenvalue weighted by molar-refractivity contribution is -0.137. The van der Waals surface area contributed by atoms with E-state index in [1.165, 1.54) is 109 Å². The fourth-order valence-corrected chi connectivity index (χ4v) is 7.15. The average Bonchev–Trinajstić information content (AvgIpc) is 3.15. The van der Waals surface area contributed by atoms with Gasteiger partial charge in [0.2, 0.25) is 0 Å². The molecular formula is C47H64O4. The van der Waals surface area contributed by atoms with Gasteiger partial charge in [-0.05, 0) is 52.9 Å². The summed E-state index contributed by atoms with van der Waals surface area (Å²) >= 11 is 0. The molecule has 0 aliphatic heterocycles. The standard InChI is InChI=1S/C25H20O2.C22H44O2/c26-23-15-11-21(12-16-23)25(19-7-3-1-4-8-19,20-9-5-2-6-10-20)22-13-17-24(27)18-14-22;1-2-3-4-5-6-7-8-9-10-11-12-13-14-15-16-17-18-19-20-21-22(23)24/h1-18,26-27H;2-21H2,1H3,(H,23,24). The summed E-state index contributed by atoms with van der Waals surface area (Å²) in [4.78, 5) is 10.4. The molecule has 0 spiro atoms. The Labute approximate surface area is 309 Å². The zero-order valence-corrected chi connectivity index (χ0v) is 31.3. The van der Waals surface area contributed by atoms with Crippen molar-refractivity contribution in [2.45, 2.75) is 141 Å². The quantitative estimate of drug-likeness (QED) is 0.0504. The Morgan fingerprint density at radius 3 is 0.980 bits per heavy atom. The minimum atomic E-state index is -0.651. The SMILES string of the molecule is CCCCCCCCCCCCCCCCCCCCCC(=O)O.Oc1ccc(C(c2ccccc2)(c2ccccc2)c2ccc(O)cc2)cc1. The van der Waals surface area contributed by atoms with E-state index in [0.29, 0.717) is 6.42 Å². The third-order valence-electron chi connectivity index (χ3n) is 10.0. The minimum absolute atomic E-state index is 0.236. The van der Waals surface area contributed by atoms with Crippen LogP contribution >= 0.6 is 0 Å². The lowest BCUT2D eigenvalue weighted by atomic mass is 9.65. The molecule has 0 heterocycles. The summed E-state index contributed by atoms with van der Waals surface area (Å²) in [6, 6.07) is 35.3. The summed E-state index contributed by atoms with van der Waals surface area (Å²) in [7, 11) is 0. The molecule has 0 saturated carbocycles. The van der Waals surface area contributed by atoms with E-state index < -0.39 is 11.4 Å². The van der Waals surface area contributed by atoms with Gasteiger partial charge in [-0.15, -0.1) is 0 Å². The van der Waals surface area contributed by atoms with E-state index in [4.69, 9.17) is 5.11 Å². The second kappa shape index (κ2) is 25.0. The largest absolute Gasteiger partial charge is 0.508 e. The van der Waals surface area contributed by atoms with Crippen LogP contribution in [0.5, 0.6) is 11.5 Å². The normalized spacial score (nSPS) is 11.2. The summed E-state index contributed by atoms with van der Waals surface area (Å²) in [5.74, 6) is -0.180. The van der Waals surface area contributed by atoms with E-state index in [1.807, 2.05) is 60.7 Å². The lowest BCUT2D eigenvalue weighted by Gasteiger charge is -2.36. The fraction of sp³-hybridized carbons (Fsp3) is 0.468. The molecule has 4 rings (SSSR count). The molecule has 4 aromatic rings. The van der Waals surface area contributed by atoms with Crippen molar-refractivity contribution in [1.82, 2.24) is 0 Å². The van der Waals surface area contributed by atoms with Gasteiger partial charge in [-0.1, -0.05) is 207 Å². The number of rotatable bonds is 24. The first-order chi connectivity index (χ1) is 25.0. The second-order valence-corrected chi connectivity index (χ2v) is 14.1. The van der Waals surface area contributed by atoms with Gasteiger partial charge in [0.05, 0.1) is 5.41 Å². The predicted molar refractivity (Wildman–Crippen MR) is 214 cm³/mol. The van der Waals surface area contributed by atoms with Gasteiger partial charge in [-0.3, -0.25) is 4.79 Å². The Bertz CT molecular complexity index is 1340. The van der Waals surface area contributed by atoms with Crippen LogP contribution in [0.15, 0.2) is 109 Å². The summed E-state index contributed by atoms with van der Waals surface area (Å²) in [6.07, 6.45) is 26.1. The molecule has 0 fully saturated rings. The Kier molecular flexibility index (Phi) is 20.3. The summed E-state index contributed by atoms with van der Waals surface area (Å²) in [6.45, 7) is 2.28. The highest BCUT2D eigenvalue weighted by molar-refractivity contribution is 5.66. The highest BCUT2D eigenvalue weighted by Gasteiger charge is 2.38. The number of carbonyl (C=O) groups is 1. The van der Waals surface area contributed by atoms with Crippen LogP contribution in [0.1, 0.15) is 158 Å². The molecule has 4 nitrogen and oxygen atoms in total. The van der Waals surface area contributed by atoms with Crippen LogP contribution in [-0.2, 0) is 10.2 Å². The Balaban J connectivity index is 0.000000278. The molecule has 0 saturated heterocycles. The molecule has 0 atom stereocenters. The highest BCUT2D eigenvalue weighted by Crippen LogP contribution is 2.45. The molecule has 0 aliphatic carbocycles. The van der Waals surface area contributed by atoms with Crippen molar-refractivity contribution in [3.8, 4) is 11.5 Å². The second-order valence-electron chi connectivity index (χ2n) is 14.1. The number of aromatic hydroxyl groups is 2. The van der Waals surface area contributed by atoms with Gasteiger partial charge in [-0.2, -0.15) is 0 Å². The van der Waals surface area contributed by atoms with Crippen molar-refractivity contribution in [2.24, 2.45) is 0 Å². The van der Waals surface area contributed by atoms with Crippen molar-refractivity contribution in [1.29, 1.82) is 0 Å². The first kappa shape index (κ1) is 41.4. The third-order valence-corrected chi connectivity index (χ3v) is 10.0. The zero-order chi connectivity index (χ0) is 36.4. The maximum absolute atomic E-state index is 10.4. The Hall–Kier alpha value is -4.05. The summed E-state index contributed by atoms with van der Waals surface area (Å²) in [5.41, 5.74) is 3.76. The van der Waals surface area contributed by atoms with E-state index in [9.17, 15) is 15.0 Å². The number of hydrogen-bond acceptors (Lipinski definition) is 3. The van der Waals surface area contributed by atoms with Crippen LogP contribution in [0.4, 0.5) is 0 Å². The molecule has 0 radical (unpaired) electrons. The van der Waals surface area contributed by atoms with Crippen molar-refractivity contribution in [3.63, 3.8) is 0 Å². The van der Waals surface area contributed by atoms with Crippen molar-refractivity contribution in [3.05, 3.63) is 131 Å². The molecule has 3 N–H and O–H groups in total. The number of hydrogen-bond donors (Lipinski definition) is 3. The Morgan fingerprint density at radius 2 is 0.686 bits per heavy atom. The summed E-state index contributed by atoms with van der Waals surface area (Å²) in [5, 5.41) is 28.2. The van der Waals surface area contributed by atoms with Crippen LogP contribution in [0.25, 0.3) is 0 Å². The topological polar surface area (TPSA) is 77.8 Å². The molecule has 0 bridgehead atoms. The maximum Gasteiger partial charge on any atom is 0.303 e. The number of phenolic OH excluding ortho intramolecular Hbond substituents is 2. The van der Waals surface area contributed by atoms with Gasteiger partial charge in [0.15, 0.2) is 0 Å². The van der Waals surface area contributed by atoms with Gasteiger partial charge < -0.3 is 15.3 Å². The lowest BCUT2D eigenvalue weighted by Crippen LogP contribution is -2.30. The molecule has 276 valence electrons. The number of carboxylic acids is 1. The molecule has 51 heavy (non-hydrogen) atoms. The third kappa shape index (κ3) is 15.0. The van der Waals surface area contributed by atoms with Gasteiger partial charge in [0, 0.05) is 6.42 Å². The molecule has 4 heteroatoms. The smallest absolute Gasteiger partial charge is 0.303 e. The van der Waals surface area contributed by atoms with Crippen molar-refractivity contribution in [2.75, 3.05) is 0 Å². The van der Waals surface area contributed by atoms with Crippen molar-refractivity contribution >= 4 is 5.97 Å². The number of unbranched alkanes of at least 4 members (excludes halogenated alkanes) is 18. The number of phenols is 2. The van der Waals surface area contributed by atoms with Crippen molar-refractivity contribution < 1.29 is 20.1 Å². The number of benzene rings is 4. The Morgan fingerprint density at radius 1 is 0.412 bits per heavy atom. The van der Waals surface area contributed by atoms with Crippen LogP contribution < -0.4 is 0 Å². The van der Waals surface area contributed by atoms with Gasteiger partial charge >= 0.3 is 5.97 Å². The monoisotopic (exact) mass is 692 g/mol. The average molecular weight is 693 g/mol. The first-order valence-electron chi connectivity index (χ1n) is 19.9. The van der Waals surface area contributed by atoms with Crippen LogP contribution in [0.2, 0.25) is 0 Å². The molecule has 4 aromatic carbocycles. The van der Waals surface area contributed by atoms with E-state index in [2.05, 4.69) is 31.2 Å². The summed E-state index contributed by atoms with van der Waals surface area (Å²) < 4.78 is 0. The van der Waals surface area contributed by atoms with Gasteiger partial charge in [-0.25, -0.2) is 0 Å².